The molecule has 0 spiro atoms. The summed E-state index contributed by atoms with van der Waals surface area (Å²) < 4.78 is 0.782. The van der Waals surface area contributed by atoms with Crippen LogP contribution in [0.5, 0.6) is 0 Å². The molecular formula is C21H30IN7. The Kier molecular flexibility index (Phi) is 8.51. The summed E-state index contributed by atoms with van der Waals surface area (Å²) in [4.78, 5) is 11.4. The first-order chi connectivity index (χ1) is 14.2. The number of aromatic nitrogens is 1. The third-order valence-corrected chi connectivity index (χ3v) is 5.87. The molecule has 29 heavy (non-hydrogen) atoms. The van der Waals surface area contributed by atoms with Crippen molar-refractivity contribution < 1.29 is 0 Å². The van der Waals surface area contributed by atoms with Crippen molar-refractivity contribution in [2.75, 3.05) is 30.6 Å². The summed E-state index contributed by atoms with van der Waals surface area (Å²) in [7, 11) is 0. The SMILES string of the molecule is C=C/C(CI)=C1\N=C(NCCN2CCCCC2)C=C(NCc2cccnc2)N1N. The van der Waals surface area contributed by atoms with Crippen molar-refractivity contribution in [3.8, 4) is 0 Å². The molecule has 2 aliphatic rings. The monoisotopic (exact) mass is 507 g/mol. The second-order valence-electron chi connectivity index (χ2n) is 7.13. The predicted octanol–water partition coefficient (Wildman–Crippen LogP) is 2.51. The summed E-state index contributed by atoms with van der Waals surface area (Å²) in [6, 6.07) is 3.96. The van der Waals surface area contributed by atoms with Crippen LogP contribution in [0.25, 0.3) is 0 Å². The van der Waals surface area contributed by atoms with Gasteiger partial charge in [0.1, 0.15) is 11.7 Å². The van der Waals surface area contributed by atoms with E-state index in [1.165, 1.54) is 32.4 Å². The lowest BCUT2D eigenvalue weighted by Gasteiger charge is -2.30. The number of pyridine rings is 1. The van der Waals surface area contributed by atoms with Gasteiger partial charge in [-0.2, -0.15) is 0 Å². The van der Waals surface area contributed by atoms with E-state index in [0.717, 1.165) is 40.3 Å². The molecule has 1 aromatic heterocycles. The highest BCUT2D eigenvalue weighted by molar-refractivity contribution is 14.1. The lowest BCUT2D eigenvalue weighted by Crippen LogP contribution is -2.43. The number of likely N-dealkylation sites (tertiary alicyclic amines) is 1. The van der Waals surface area contributed by atoms with Gasteiger partial charge in [0.25, 0.3) is 0 Å². The van der Waals surface area contributed by atoms with Gasteiger partial charge >= 0.3 is 0 Å². The normalized spacial score (nSPS) is 19.3. The molecule has 0 saturated carbocycles. The predicted molar refractivity (Wildman–Crippen MR) is 127 cm³/mol. The average Bonchev–Trinajstić information content (AvgIpc) is 2.77. The molecule has 0 amide bonds. The Balaban J connectivity index is 1.70. The van der Waals surface area contributed by atoms with E-state index in [1.807, 2.05) is 30.5 Å². The van der Waals surface area contributed by atoms with Crippen LogP contribution in [0.15, 0.2) is 65.5 Å². The minimum Gasteiger partial charge on any atom is -0.369 e. The Bertz CT molecular complexity index is 766. The number of alkyl halides is 1. The van der Waals surface area contributed by atoms with Crippen LogP contribution in [0.3, 0.4) is 0 Å². The van der Waals surface area contributed by atoms with Crippen molar-refractivity contribution in [1.82, 2.24) is 25.5 Å². The zero-order valence-corrected chi connectivity index (χ0v) is 18.9. The van der Waals surface area contributed by atoms with Gasteiger partial charge in [-0.05, 0) is 37.6 Å². The fraction of sp³-hybridized carbons (Fsp3) is 0.429. The number of hydrogen-bond acceptors (Lipinski definition) is 7. The van der Waals surface area contributed by atoms with Crippen LogP contribution in [0.2, 0.25) is 0 Å². The highest BCUT2D eigenvalue weighted by Crippen LogP contribution is 2.20. The fourth-order valence-corrected chi connectivity index (χ4v) is 4.05. The van der Waals surface area contributed by atoms with E-state index >= 15 is 0 Å². The van der Waals surface area contributed by atoms with E-state index in [2.05, 4.69) is 49.7 Å². The highest BCUT2D eigenvalue weighted by atomic mass is 127. The number of amidine groups is 1. The number of aliphatic imine (C=N–C) groups is 1. The van der Waals surface area contributed by atoms with Gasteiger partial charge in [0.05, 0.1) is 0 Å². The van der Waals surface area contributed by atoms with E-state index in [1.54, 1.807) is 11.2 Å². The van der Waals surface area contributed by atoms with Gasteiger partial charge in [-0.3, -0.25) is 4.98 Å². The van der Waals surface area contributed by atoms with E-state index in [4.69, 9.17) is 10.8 Å². The summed E-state index contributed by atoms with van der Waals surface area (Å²) in [5, 5.41) is 8.49. The average molecular weight is 507 g/mol. The van der Waals surface area contributed by atoms with Gasteiger partial charge in [0.2, 0.25) is 0 Å². The lowest BCUT2D eigenvalue weighted by atomic mass is 10.1. The zero-order valence-electron chi connectivity index (χ0n) is 16.8. The molecule has 3 rings (SSSR count). The molecular weight excluding hydrogens is 477 g/mol. The molecule has 0 atom stereocenters. The number of nitrogens with two attached hydrogens (primary N) is 1. The maximum absolute atomic E-state index is 6.38. The van der Waals surface area contributed by atoms with E-state index in [9.17, 15) is 0 Å². The van der Waals surface area contributed by atoms with Crippen molar-refractivity contribution in [3.05, 3.63) is 66.0 Å². The van der Waals surface area contributed by atoms with Gasteiger partial charge in [-0.1, -0.05) is 47.7 Å². The smallest absolute Gasteiger partial charge is 0.154 e. The van der Waals surface area contributed by atoms with E-state index < -0.39 is 0 Å². The van der Waals surface area contributed by atoms with E-state index in [0.29, 0.717) is 12.4 Å². The van der Waals surface area contributed by atoms with Crippen molar-refractivity contribution in [2.45, 2.75) is 25.8 Å². The molecule has 8 heteroatoms. The highest BCUT2D eigenvalue weighted by Gasteiger charge is 2.20. The number of rotatable bonds is 8. The number of halogens is 1. The minimum atomic E-state index is 0.634. The first-order valence-corrected chi connectivity index (χ1v) is 11.6. The third-order valence-electron chi connectivity index (χ3n) is 5.04. The fourth-order valence-electron chi connectivity index (χ4n) is 3.39. The summed E-state index contributed by atoms with van der Waals surface area (Å²) in [6.07, 6.45) is 11.4. The number of piperidine rings is 1. The number of allylic oxidation sites excluding steroid dienone is 2. The van der Waals surface area contributed by atoms with Crippen molar-refractivity contribution >= 4 is 28.4 Å². The van der Waals surface area contributed by atoms with Crippen molar-refractivity contribution in [2.24, 2.45) is 10.8 Å². The molecule has 0 radical (unpaired) electrons. The van der Waals surface area contributed by atoms with Crippen molar-refractivity contribution in [1.29, 1.82) is 0 Å². The maximum atomic E-state index is 6.38. The first kappa shape index (κ1) is 21.8. The number of nitrogens with zero attached hydrogens (tertiary/aromatic N) is 4. The van der Waals surface area contributed by atoms with Crippen LogP contribution in [-0.4, -0.2) is 51.3 Å². The Morgan fingerprint density at radius 3 is 2.79 bits per heavy atom. The topological polar surface area (TPSA) is 81.8 Å². The van der Waals surface area contributed by atoms with Gasteiger partial charge in [0, 0.05) is 48.1 Å². The van der Waals surface area contributed by atoms with Crippen LogP contribution in [0.4, 0.5) is 0 Å². The van der Waals surface area contributed by atoms with Crippen LogP contribution in [0, 0.1) is 0 Å². The lowest BCUT2D eigenvalue weighted by molar-refractivity contribution is 0.232. The molecule has 0 aliphatic carbocycles. The van der Waals surface area contributed by atoms with Crippen LogP contribution in [-0.2, 0) is 6.54 Å². The summed E-state index contributed by atoms with van der Waals surface area (Å²) in [5.41, 5.74) is 2.09. The van der Waals surface area contributed by atoms with Crippen LogP contribution in [0.1, 0.15) is 24.8 Å². The first-order valence-electron chi connectivity index (χ1n) is 10.1. The largest absolute Gasteiger partial charge is 0.369 e. The molecule has 0 bridgehead atoms. The van der Waals surface area contributed by atoms with Crippen LogP contribution < -0.4 is 16.5 Å². The molecule has 0 aromatic carbocycles. The van der Waals surface area contributed by atoms with Gasteiger partial charge in [0.15, 0.2) is 5.82 Å². The van der Waals surface area contributed by atoms with Gasteiger partial charge in [-0.15, -0.1) is 0 Å². The molecule has 4 N–H and O–H groups in total. The van der Waals surface area contributed by atoms with Gasteiger partial charge in [-0.25, -0.2) is 15.8 Å². The molecule has 1 saturated heterocycles. The Morgan fingerprint density at radius 2 is 2.10 bits per heavy atom. The molecule has 1 aromatic rings. The molecule has 0 unspecified atom stereocenters. The zero-order chi connectivity index (χ0) is 20.5. The summed E-state index contributed by atoms with van der Waals surface area (Å²) in [6.45, 7) is 8.82. The van der Waals surface area contributed by atoms with E-state index in [-0.39, 0.29) is 0 Å². The second kappa shape index (κ2) is 11.3. The van der Waals surface area contributed by atoms with Crippen molar-refractivity contribution in [3.63, 3.8) is 0 Å². The number of hydrazine groups is 1. The molecule has 156 valence electrons. The molecule has 3 heterocycles. The Hall–Kier alpha value is -1.91. The Labute approximate surface area is 186 Å². The minimum absolute atomic E-state index is 0.634. The quantitative estimate of drug-likeness (QED) is 0.285. The summed E-state index contributed by atoms with van der Waals surface area (Å²) >= 11 is 2.31. The number of nitrogens with one attached hydrogen (secondary N) is 2. The van der Waals surface area contributed by atoms with Crippen LogP contribution >= 0.6 is 22.6 Å². The molecule has 1 fully saturated rings. The number of hydrogen-bond donors (Lipinski definition) is 3. The van der Waals surface area contributed by atoms with Gasteiger partial charge < -0.3 is 15.5 Å². The summed E-state index contributed by atoms with van der Waals surface area (Å²) in [5.74, 6) is 8.71. The second-order valence-corrected chi connectivity index (χ2v) is 7.89. The molecule has 2 aliphatic heterocycles. The maximum Gasteiger partial charge on any atom is 0.154 e. The third kappa shape index (κ3) is 6.28. The standard InChI is InChI=1S/C21H30IN7/c1-2-18(14-22)21-27-19(25-9-12-28-10-4-3-5-11-28)13-20(29(21)23)26-16-17-7-6-8-24-15-17/h2,6-8,13,15,26H,1,3-5,9-12,14,16,23H2,(H,25,27)/b21-18-. The molecule has 7 nitrogen and oxygen atoms in total. The Morgan fingerprint density at radius 1 is 1.28 bits per heavy atom.